The van der Waals surface area contributed by atoms with Gasteiger partial charge in [-0.1, -0.05) is 24.3 Å². The van der Waals surface area contributed by atoms with Gasteiger partial charge in [0.05, 0.1) is 0 Å². The Bertz CT molecular complexity index is 366. The van der Waals surface area contributed by atoms with Gasteiger partial charge in [-0.25, -0.2) is 0 Å². The van der Waals surface area contributed by atoms with Gasteiger partial charge in [0, 0.05) is 12.6 Å². The first-order valence-electron chi connectivity index (χ1n) is 5.29. The van der Waals surface area contributed by atoms with Gasteiger partial charge >= 0.3 is 5.97 Å². The fourth-order valence-corrected chi connectivity index (χ4v) is 1.57. The van der Waals surface area contributed by atoms with E-state index in [1.807, 2.05) is 38.1 Å². The maximum Gasteiger partial charge on any atom is 0.321 e. The van der Waals surface area contributed by atoms with Crippen LogP contribution in [0.25, 0.3) is 0 Å². The van der Waals surface area contributed by atoms with Gasteiger partial charge in [0.2, 0.25) is 0 Å². The van der Waals surface area contributed by atoms with Crippen LogP contribution >= 0.6 is 0 Å². The minimum Gasteiger partial charge on any atom is -0.480 e. The molecule has 0 saturated carbocycles. The van der Waals surface area contributed by atoms with Gasteiger partial charge in [-0.2, -0.15) is 0 Å². The maximum atomic E-state index is 10.6. The van der Waals surface area contributed by atoms with Crippen molar-refractivity contribution in [3.05, 3.63) is 35.4 Å². The lowest BCUT2D eigenvalue weighted by Gasteiger charge is -2.17. The number of hydrogen-bond donors (Lipinski definition) is 3. The largest absolute Gasteiger partial charge is 0.480 e. The first-order chi connectivity index (χ1) is 7.52. The molecule has 4 heteroatoms. The van der Waals surface area contributed by atoms with Crippen LogP contribution in [-0.2, 0) is 4.79 Å². The molecule has 0 heterocycles. The van der Waals surface area contributed by atoms with Crippen molar-refractivity contribution in [3.8, 4) is 0 Å². The lowest BCUT2D eigenvalue weighted by atomic mass is 10.0. The van der Waals surface area contributed by atoms with Crippen LogP contribution < -0.4 is 11.1 Å². The van der Waals surface area contributed by atoms with Crippen LogP contribution in [0.3, 0.4) is 0 Å². The number of carboxylic acid groups (broad SMARTS) is 1. The van der Waals surface area contributed by atoms with Crippen LogP contribution in [0.15, 0.2) is 24.3 Å². The first-order valence-corrected chi connectivity index (χ1v) is 5.29. The van der Waals surface area contributed by atoms with Crippen LogP contribution in [0, 0.1) is 6.92 Å². The summed E-state index contributed by atoms with van der Waals surface area (Å²) in [5, 5.41) is 11.8. The van der Waals surface area contributed by atoms with Gasteiger partial charge < -0.3 is 16.2 Å². The molecule has 0 amide bonds. The van der Waals surface area contributed by atoms with E-state index in [1.165, 1.54) is 11.1 Å². The van der Waals surface area contributed by atoms with E-state index in [0.29, 0.717) is 0 Å². The van der Waals surface area contributed by atoms with Crippen molar-refractivity contribution in [3.63, 3.8) is 0 Å². The Morgan fingerprint density at radius 2 is 2.12 bits per heavy atom. The highest BCUT2D eigenvalue weighted by Gasteiger charge is 2.13. The molecule has 1 rings (SSSR count). The third-order valence-corrected chi connectivity index (χ3v) is 2.62. The van der Waals surface area contributed by atoms with Crippen LogP contribution in [0.5, 0.6) is 0 Å². The molecule has 2 atom stereocenters. The molecular weight excluding hydrogens is 204 g/mol. The summed E-state index contributed by atoms with van der Waals surface area (Å²) in [6.07, 6.45) is 0. The van der Waals surface area contributed by atoms with Crippen LogP contribution in [0.2, 0.25) is 0 Å². The molecule has 1 unspecified atom stereocenters. The summed E-state index contributed by atoms with van der Waals surface area (Å²) in [5.41, 5.74) is 7.77. The molecule has 0 bridgehead atoms. The van der Waals surface area contributed by atoms with E-state index in [2.05, 4.69) is 5.32 Å². The highest BCUT2D eigenvalue weighted by atomic mass is 16.4. The predicted octanol–water partition coefficient (Wildman–Crippen LogP) is 1.06. The molecule has 0 aromatic heterocycles. The summed E-state index contributed by atoms with van der Waals surface area (Å²) in [7, 11) is 0. The molecular formula is C12H18N2O2. The monoisotopic (exact) mass is 222 g/mol. The topological polar surface area (TPSA) is 75.3 Å². The third-order valence-electron chi connectivity index (χ3n) is 2.62. The number of carbonyl (C=O) groups is 1. The Balaban J connectivity index is 2.56. The molecule has 4 nitrogen and oxygen atoms in total. The van der Waals surface area contributed by atoms with E-state index in [-0.39, 0.29) is 12.6 Å². The van der Waals surface area contributed by atoms with Crippen molar-refractivity contribution in [2.24, 2.45) is 5.73 Å². The number of benzene rings is 1. The molecule has 0 aliphatic carbocycles. The molecule has 0 aliphatic rings. The average Bonchev–Trinajstić information content (AvgIpc) is 2.25. The van der Waals surface area contributed by atoms with E-state index in [4.69, 9.17) is 10.8 Å². The molecule has 88 valence electrons. The second-order valence-electron chi connectivity index (χ2n) is 3.93. The number of aliphatic carboxylic acids is 1. The number of rotatable bonds is 5. The summed E-state index contributed by atoms with van der Waals surface area (Å²) in [4.78, 5) is 10.6. The van der Waals surface area contributed by atoms with Gasteiger partial charge in [-0.05, 0) is 25.0 Å². The van der Waals surface area contributed by atoms with E-state index >= 15 is 0 Å². The highest BCUT2D eigenvalue weighted by molar-refractivity contribution is 5.73. The standard InChI is InChI=1S/C12H18N2O2/c1-8-5-3-4-6-10(8)9(2)14-7-11(13)12(15)16/h3-6,9,11,14H,7,13H2,1-2H3,(H,15,16)/t9-,11?/m0/s1. The Hall–Kier alpha value is -1.39. The van der Waals surface area contributed by atoms with Crippen LogP contribution in [0.4, 0.5) is 0 Å². The number of carboxylic acids is 1. The Kier molecular flexibility index (Phi) is 4.46. The minimum absolute atomic E-state index is 0.103. The third kappa shape index (κ3) is 3.32. The van der Waals surface area contributed by atoms with Crippen molar-refractivity contribution in [2.75, 3.05) is 6.54 Å². The van der Waals surface area contributed by atoms with Crippen molar-refractivity contribution in [1.29, 1.82) is 0 Å². The smallest absolute Gasteiger partial charge is 0.321 e. The second kappa shape index (κ2) is 5.63. The molecule has 1 aromatic rings. The Morgan fingerprint density at radius 3 is 2.69 bits per heavy atom. The van der Waals surface area contributed by atoms with Crippen molar-refractivity contribution in [2.45, 2.75) is 25.9 Å². The number of hydrogen-bond acceptors (Lipinski definition) is 3. The molecule has 1 aromatic carbocycles. The summed E-state index contributed by atoms with van der Waals surface area (Å²) in [6.45, 7) is 4.30. The van der Waals surface area contributed by atoms with Gasteiger partial charge in [-0.3, -0.25) is 4.79 Å². The Morgan fingerprint density at radius 1 is 1.50 bits per heavy atom. The van der Waals surface area contributed by atoms with Crippen molar-refractivity contribution >= 4 is 5.97 Å². The van der Waals surface area contributed by atoms with E-state index in [1.54, 1.807) is 0 Å². The molecule has 0 spiro atoms. The zero-order valence-electron chi connectivity index (χ0n) is 9.60. The maximum absolute atomic E-state index is 10.6. The number of nitrogens with two attached hydrogens (primary N) is 1. The lowest BCUT2D eigenvalue weighted by Crippen LogP contribution is -2.41. The zero-order valence-corrected chi connectivity index (χ0v) is 9.60. The zero-order chi connectivity index (χ0) is 12.1. The molecule has 16 heavy (non-hydrogen) atoms. The highest BCUT2D eigenvalue weighted by Crippen LogP contribution is 2.16. The van der Waals surface area contributed by atoms with Crippen molar-refractivity contribution < 1.29 is 9.90 Å². The summed E-state index contributed by atoms with van der Waals surface area (Å²) in [6, 6.07) is 7.26. The summed E-state index contributed by atoms with van der Waals surface area (Å²) >= 11 is 0. The van der Waals surface area contributed by atoms with Gasteiger partial charge in [0.1, 0.15) is 6.04 Å². The Labute approximate surface area is 95.5 Å². The number of aryl methyl sites for hydroxylation is 1. The van der Waals surface area contributed by atoms with Crippen LogP contribution in [0.1, 0.15) is 24.1 Å². The predicted molar refractivity (Wildman–Crippen MR) is 63.2 cm³/mol. The van der Waals surface area contributed by atoms with E-state index in [0.717, 1.165) is 0 Å². The van der Waals surface area contributed by atoms with Crippen molar-refractivity contribution in [1.82, 2.24) is 5.32 Å². The quantitative estimate of drug-likeness (QED) is 0.696. The molecule has 4 N–H and O–H groups in total. The fourth-order valence-electron chi connectivity index (χ4n) is 1.57. The fraction of sp³-hybridized carbons (Fsp3) is 0.417. The normalized spacial score (nSPS) is 14.4. The van der Waals surface area contributed by atoms with E-state index < -0.39 is 12.0 Å². The second-order valence-corrected chi connectivity index (χ2v) is 3.93. The van der Waals surface area contributed by atoms with Gasteiger partial charge in [-0.15, -0.1) is 0 Å². The van der Waals surface area contributed by atoms with E-state index in [9.17, 15) is 4.79 Å². The lowest BCUT2D eigenvalue weighted by molar-refractivity contribution is -0.138. The minimum atomic E-state index is -0.982. The molecule has 0 saturated heterocycles. The summed E-state index contributed by atoms with van der Waals surface area (Å²) < 4.78 is 0. The average molecular weight is 222 g/mol. The molecule has 0 aliphatic heterocycles. The van der Waals surface area contributed by atoms with Crippen LogP contribution in [-0.4, -0.2) is 23.7 Å². The SMILES string of the molecule is Cc1ccccc1[C@H](C)NCC(N)C(=O)O. The van der Waals surface area contributed by atoms with Gasteiger partial charge in [0.25, 0.3) is 0 Å². The number of nitrogens with one attached hydrogen (secondary N) is 1. The first kappa shape index (κ1) is 12.7. The molecule has 0 fully saturated rings. The summed E-state index contributed by atoms with van der Waals surface area (Å²) in [5.74, 6) is -0.982. The molecule has 0 radical (unpaired) electrons. The van der Waals surface area contributed by atoms with Gasteiger partial charge in [0.15, 0.2) is 0 Å².